The molecule has 0 amide bonds. The molecule has 0 saturated carbocycles. The van der Waals surface area contributed by atoms with Gasteiger partial charge >= 0.3 is 0 Å². The van der Waals surface area contributed by atoms with E-state index < -0.39 is 0 Å². The molecule has 0 saturated heterocycles. The summed E-state index contributed by atoms with van der Waals surface area (Å²) in [4.78, 5) is 0. The maximum absolute atomic E-state index is 5.80. The van der Waals surface area contributed by atoms with Gasteiger partial charge in [0.2, 0.25) is 0 Å². The molecule has 1 aliphatic rings. The lowest BCUT2D eigenvalue weighted by molar-refractivity contribution is 0.383. The van der Waals surface area contributed by atoms with E-state index in [1.807, 2.05) is 0 Å². The predicted octanol–water partition coefficient (Wildman–Crippen LogP) is 5.16. The van der Waals surface area contributed by atoms with Gasteiger partial charge in [0.15, 0.2) is 0 Å². The van der Waals surface area contributed by atoms with E-state index in [-0.39, 0.29) is 10.8 Å². The molecule has 108 valence electrons. The minimum Gasteiger partial charge on any atom is -0.496 e. The lowest BCUT2D eigenvalue weighted by atomic mass is 9.74. The first kappa shape index (κ1) is 14.9. The SMILES string of the molecule is COc1c(C(C)(C)C)cccc1C(C)(C)C1=CC=CC1. The van der Waals surface area contributed by atoms with E-state index in [2.05, 4.69) is 71.0 Å². The molecule has 20 heavy (non-hydrogen) atoms. The highest BCUT2D eigenvalue weighted by Gasteiger charge is 2.31. The molecule has 1 aromatic rings. The van der Waals surface area contributed by atoms with Gasteiger partial charge in [-0.05, 0) is 17.4 Å². The van der Waals surface area contributed by atoms with E-state index in [0.717, 1.165) is 12.2 Å². The van der Waals surface area contributed by atoms with Crippen LogP contribution < -0.4 is 4.74 Å². The first-order chi connectivity index (χ1) is 9.28. The van der Waals surface area contributed by atoms with Crippen molar-refractivity contribution in [3.63, 3.8) is 0 Å². The Labute approximate surface area is 123 Å². The molecule has 0 heterocycles. The van der Waals surface area contributed by atoms with Crippen LogP contribution in [0.2, 0.25) is 0 Å². The van der Waals surface area contributed by atoms with Crippen LogP contribution in [0.15, 0.2) is 42.0 Å². The minimum atomic E-state index is -0.00387. The molecule has 1 heteroatoms. The summed E-state index contributed by atoms with van der Waals surface area (Å²) >= 11 is 0. The third-order valence-electron chi connectivity index (χ3n) is 4.27. The van der Waals surface area contributed by atoms with Crippen LogP contribution in [0.3, 0.4) is 0 Å². The van der Waals surface area contributed by atoms with Crippen molar-refractivity contribution in [1.82, 2.24) is 0 Å². The van der Waals surface area contributed by atoms with Crippen molar-refractivity contribution in [2.24, 2.45) is 0 Å². The Hall–Kier alpha value is -1.50. The molecule has 0 radical (unpaired) electrons. The van der Waals surface area contributed by atoms with Crippen LogP contribution in [0.1, 0.15) is 52.2 Å². The van der Waals surface area contributed by atoms with E-state index in [4.69, 9.17) is 4.74 Å². The summed E-state index contributed by atoms with van der Waals surface area (Å²) < 4.78 is 5.80. The number of benzene rings is 1. The first-order valence-electron chi connectivity index (χ1n) is 7.32. The molecule has 0 fully saturated rings. The van der Waals surface area contributed by atoms with E-state index >= 15 is 0 Å². The maximum Gasteiger partial charge on any atom is 0.126 e. The molecule has 0 unspecified atom stereocenters. The summed E-state index contributed by atoms with van der Waals surface area (Å²) in [5.74, 6) is 1.04. The van der Waals surface area contributed by atoms with Crippen LogP contribution in [0.25, 0.3) is 0 Å². The summed E-state index contributed by atoms with van der Waals surface area (Å²) in [7, 11) is 1.78. The fourth-order valence-electron chi connectivity index (χ4n) is 2.92. The van der Waals surface area contributed by atoms with E-state index in [0.29, 0.717) is 0 Å². The van der Waals surface area contributed by atoms with Gasteiger partial charge in [-0.15, -0.1) is 0 Å². The topological polar surface area (TPSA) is 9.23 Å². The molecule has 0 aliphatic heterocycles. The largest absolute Gasteiger partial charge is 0.496 e. The Kier molecular flexibility index (Phi) is 3.82. The van der Waals surface area contributed by atoms with Crippen LogP contribution in [0, 0.1) is 0 Å². The second-order valence-electron chi connectivity index (χ2n) is 7.09. The molecular formula is C19H26O. The molecule has 1 aromatic carbocycles. The summed E-state index contributed by atoms with van der Waals surface area (Å²) in [6.07, 6.45) is 7.65. The van der Waals surface area contributed by atoms with Crippen molar-refractivity contribution in [2.45, 2.75) is 51.9 Å². The molecule has 1 nitrogen and oxygen atoms in total. The van der Waals surface area contributed by atoms with Crippen molar-refractivity contribution in [3.05, 3.63) is 53.1 Å². The Morgan fingerprint density at radius 1 is 1.00 bits per heavy atom. The lowest BCUT2D eigenvalue weighted by Crippen LogP contribution is -2.23. The number of rotatable bonds is 3. The van der Waals surface area contributed by atoms with Crippen LogP contribution >= 0.6 is 0 Å². The second-order valence-corrected chi connectivity index (χ2v) is 7.09. The van der Waals surface area contributed by atoms with Gasteiger partial charge in [0.1, 0.15) is 5.75 Å². The normalized spacial score (nSPS) is 15.4. The smallest absolute Gasteiger partial charge is 0.126 e. The van der Waals surface area contributed by atoms with Crippen molar-refractivity contribution < 1.29 is 4.74 Å². The number of hydrogen-bond acceptors (Lipinski definition) is 1. The number of methoxy groups -OCH3 is 1. The highest BCUT2D eigenvalue weighted by molar-refractivity contribution is 5.52. The lowest BCUT2D eigenvalue weighted by Gasteiger charge is -2.32. The molecule has 1 aliphatic carbocycles. The van der Waals surface area contributed by atoms with Crippen molar-refractivity contribution in [3.8, 4) is 5.75 Å². The van der Waals surface area contributed by atoms with E-state index in [1.54, 1.807) is 7.11 Å². The van der Waals surface area contributed by atoms with Gasteiger partial charge in [-0.2, -0.15) is 0 Å². The van der Waals surface area contributed by atoms with E-state index in [9.17, 15) is 0 Å². The number of allylic oxidation sites excluding steroid dienone is 4. The van der Waals surface area contributed by atoms with Gasteiger partial charge in [0.05, 0.1) is 7.11 Å². The maximum atomic E-state index is 5.80. The molecule has 0 bridgehead atoms. The monoisotopic (exact) mass is 270 g/mol. The first-order valence-corrected chi connectivity index (χ1v) is 7.32. The average molecular weight is 270 g/mol. The van der Waals surface area contributed by atoms with Crippen LogP contribution in [-0.4, -0.2) is 7.11 Å². The predicted molar refractivity (Wildman–Crippen MR) is 86.6 cm³/mol. The zero-order valence-corrected chi connectivity index (χ0v) is 13.6. The Morgan fingerprint density at radius 2 is 1.65 bits per heavy atom. The zero-order valence-electron chi connectivity index (χ0n) is 13.6. The number of ether oxygens (including phenoxy) is 1. The fraction of sp³-hybridized carbons (Fsp3) is 0.474. The quantitative estimate of drug-likeness (QED) is 0.737. The molecule has 2 rings (SSSR count). The number of hydrogen-bond donors (Lipinski definition) is 0. The molecule has 0 spiro atoms. The van der Waals surface area contributed by atoms with Gasteiger partial charge < -0.3 is 4.74 Å². The van der Waals surface area contributed by atoms with Gasteiger partial charge in [0, 0.05) is 11.0 Å². The van der Waals surface area contributed by atoms with Gasteiger partial charge in [-0.25, -0.2) is 0 Å². The third-order valence-corrected chi connectivity index (χ3v) is 4.27. The third kappa shape index (κ3) is 2.54. The zero-order chi connectivity index (χ0) is 15.0. The highest BCUT2D eigenvalue weighted by atomic mass is 16.5. The fourth-order valence-corrected chi connectivity index (χ4v) is 2.92. The Morgan fingerprint density at radius 3 is 2.15 bits per heavy atom. The van der Waals surface area contributed by atoms with Gasteiger partial charge in [-0.3, -0.25) is 0 Å². The molecule has 0 N–H and O–H groups in total. The molecular weight excluding hydrogens is 244 g/mol. The minimum absolute atomic E-state index is 0.00387. The Balaban J connectivity index is 2.57. The number of para-hydroxylation sites is 1. The van der Waals surface area contributed by atoms with Crippen LogP contribution in [0.4, 0.5) is 0 Å². The van der Waals surface area contributed by atoms with E-state index in [1.165, 1.54) is 16.7 Å². The van der Waals surface area contributed by atoms with Crippen molar-refractivity contribution >= 4 is 0 Å². The summed E-state index contributed by atoms with van der Waals surface area (Å²) in [6, 6.07) is 6.54. The second kappa shape index (κ2) is 5.12. The van der Waals surface area contributed by atoms with Crippen molar-refractivity contribution in [2.75, 3.05) is 7.11 Å². The molecule has 0 atom stereocenters. The van der Waals surface area contributed by atoms with Crippen molar-refractivity contribution in [1.29, 1.82) is 0 Å². The summed E-state index contributed by atoms with van der Waals surface area (Å²) in [6.45, 7) is 11.3. The average Bonchev–Trinajstić information content (AvgIpc) is 2.91. The Bertz CT molecular complexity index is 554. The van der Waals surface area contributed by atoms with Gasteiger partial charge in [-0.1, -0.05) is 76.6 Å². The summed E-state index contributed by atoms with van der Waals surface area (Å²) in [5.41, 5.74) is 4.08. The van der Waals surface area contributed by atoms with Crippen LogP contribution in [-0.2, 0) is 10.8 Å². The summed E-state index contributed by atoms with van der Waals surface area (Å²) in [5, 5.41) is 0. The standard InChI is InChI=1S/C19H26O/c1-18(2,3)15-12-9-13-16(17(15)20-6)19(4,5)14-10-7-8-11-14/h7-10,12-13H,11H2,1-6H3. The van der Waals surface area contributed by atoms with Crippen LogP contribution in [0.5, 0.6) is 5.75 Å². The highest BCUT2D eigenvalue weighted by Crippen LogP contribution is 2.44. The van der Waals surface area contributed by atoms with Gasteiger partial charge in [0.25, 0.3) is 0 Å². The molecule has 0 aromatic heterocycles.